The highest BCUT2D eigenvalue weighted by Gasteiger charge is 2.26. The van der Waals surface area contributed by atoms with E-state index < -0.39 is 5.60 Å². The Bertz CT molecular complexity index is 503. The molecule has 1 amide bonds. The minimum absolute atomic E-state index is 0.166. The van der Waals surface area contributed by atoms with Crippen molar-refractivity contribution in [3.05, 3.63) is 34.3 Å². The summed E-state index contributed by atoms with van der Waals surface area (Å²) in [4.78, 5) is 14.3. The van der Waals surface area contributed by atoms with Crippen LogP contribution in [0.5, 0.6) is 0 Å². The first-order chi connectivity index (χ1) is 10.8. The smallest absolute Gasteiger partial charge is 0.410 e. The summed E-state index contributed by atoms with van der Waals surface area (Å²) in [6, 6.07) is 8.40. The molecule has 3 nitrogen and oxygen atoms in total. The molecule has 0 N–H and O–H groups in total. The van der Waals surface area contributed by atoms with Gasteiger partial charge in [0, 0.05) is 17.6 Å². The summed E-state index contributed by atoms with van der Waals surface area (Å²) < 4.78 is 6.67. The van der Waals surface area contributed by atoms with E-state index in [9.17, 15) is 4.79 Å². The molecule has 1 aromatic carbocycles. The zero-order chi connectivity index (χ0) is 16.9. The van der Waals surface area contributed by atoms with Gasteiger partial charge in [0.2, 0.25) is 0 Å². The molecule has 2 rings (SSSR count). The summed E-state index contributed by atoms with van der Waals surface area (Å²) in [5.41, 5.74) is 0.877. The molecule has 4 heteroatoms. The van der Waals surface area contributed by atoms with E-state index in [1.165, 1.54) is 24.8 Å². The molecule has 0 heterocycles. The van der Waals surface area contributed by atoms with Gasteiger partial charge in [-0.2, -0.15) is 0 Å². The largest absolute Gasteiger partial charge is 0.444 e. The van der Waals surface area contributed by atoms with E-state index in [-0.39, 0.29) is 6.09 Å². The van der Waals surface area contributed by atoms with Crippen molar-refractivity contribution in [2.45, 2.75) is 58.5 Å². The van der Waals surface area contributed by atoms with Crippen LogP contribution >= 0.6 is 15.9 Å². The lowest BCUT2D eigenvalue weighted by atomic mass is 9.85. The molecule has 0 bridgehead atoms. The fraction of sp³-hybridized carbons (Fsp3) is 0.632. The third kappa shape index (κ3) is 6.54. The van der Waals surface area contributed by atoms with E-state index in [0.29, 0.717) is 5.92 Å². The molecule has 0 atom stereocenters. The van der Waals surface area contributed by atoms with Crippen LogP contribution < -0.4 is 0 Å². The molecule has 23 heavy (non-hydrogen) atoms. The minimum atomic E-state index is -0.430. The minimum Gasteiger partial charge on any atom is -0.444 e. The molecule has 128 valence electrons. The van der Waals surface area contributed by atoms with Crippen molar-refractivity contribution in [3.63, 3.8) is 0 Å². The third-order valence-corrected chi connectivity index (χ3v) is 4.69. The molecule has 1 aliphatic carbocycles. The van der Waals surface area contributed by atoms with Crippen molar-refractivity contribution in [2.24, 2.45) is 5.92 Å². The highest BCUT2D eigenvalue weighted by atomic mass is 79.9. The van der Waals surface area contributed by atoms with Gasteiger partial charge in [-0.3, -0.25) is 0 Å². The first-order valence-corrected chi connectivity index (χ1v) is 9.35. The lowest BCUT2D eigenvalue weighted by Crippen LogP contribution is -2.41. The lowest BCUT2D eigenvalue weighted by Gasteiger charge is -2.33. The molecule has 0 spiro atoms. The summed E-state index contributed by atoms with van der Waals surface area (Å²) >= 11 is 3.46. The number of nitrogens with zero attached hydrogens (tertiary/aromatic N) is 1. The first-order valence-electron chi connectivity index (χ1n) is 8.56. The Morgan fingerprint density at radius 3 is 2.43 bits per heavy atom. The second-order valence-electron chi connectivity index (χ2n) is 7.45. The van der Waals surface area contributed by atoms with Crippen molar-refractivity contribution in [1.82, 2.24) is 4.90 Å². The second-order valence-corrected chi connectivity index (χ2v) is 8.37. The predicted molar refractivity (Wildman–Crippen MR) is 97.6 cm³/mol. The third-order valence-electron chi connectivity index (χ3n) is 4.16. The average Bonchev–Trinajstić information content (AvgIpc) is 2.40. The van der Waals surface area contributed by atoms with Crippen LogP contribution in [-0.4, -0.2) is 29.7 Å². The molecule has 1 fully saturated rings. The van der Waals surface area contributed by atoms with Gasteiger partial charge in [-0.1, -0.05) is 34.5 Å². The molecule has 1 aromatic rings. The number of halogens is 1. The molecular formula is C19H28BrNO2. The number of aryl methyl sites for hydroxylation is 1. The van der Waals surface area contributed by atoms with Crippen LogP contribution in [0.2, 0.25) is 0 Å². The van der Waals surface area contributed by atoms with Crippen LogP contribution in [0.25, 0.3) is 0 Å². The van der Waals surface area contributed by atoms with E-state index in [0.717, 1.165) is 30.4 Å². The Morgan fingerprint density at radius 1 is 1.26 bits per heavy atom. The summed E-state index contributed by atoms with van der Waals surface area (Å²) in [5.74, 6) is 0.662. The van der Waals surface area contributed by atoms with Gasteiger partial charge in [-0.25, -0.2) is 4.79 Å². The van der Waals surface area contributed by atoms with Gasteiger partial charge >= 0.3 is 6.09 Å². The summed E-state index contributed by atoms with van der Waals surface area (Å²) in [6.07, 6.45) is 5.56. The highest BCUT2D eigenvalue weighted by molar-refractivity contribution is 9.10. The first kappa shape index (κ1) is 18.3. The Kier molecular flexibility index (Phi) is 6.51. The molecule has 1 aliphatic rings. The van der Waals surface area contributed by atoms with Crippen LogP contribution in [0.15, 0.2) is 28.7 Å². The van der Waals surface area contributed by atoms with Crippen LogP contribution in [-0.2, 0) is 11.2 Å². The molecule has 1 saturated carbocycles. The maximum atomic E-state index is 12.4. The SMILES string of the molecule is CC(C)(C)OC(=O)N(CCCc1ccc(Br)cc1)CC1CCC1. The Labute approximate surface area is 148 Å². The number of rotatable bonds is 6. The van der Waals surface area contributed by atoms with Gasteiger partial charge in [0.05, 0.1) is 0 Å². The maximum absolute atomic E-state index is 12.4. The number of ether oxygens (including phenoxy) is 1. The van der Waals surface area contributed by atoms with Crippen molar-refractivity contribution in [3.8, 4) is 0 Å². The van der Waals surface area contributed by atoms with E-state index in [2.05, 4.69) is 40.2 Å². The predicted octanol–water partition coefficient (Wildman–Crippen LogP) is 5.42. The highest BCUT2D eigenvalue weighted by Crippen LogP contribution is 2.27. The lowest BCUT2D eigenvalue weighted by molar-refractivity contribution is 0.0190. The molecule has 0 saturated heterocycles. The molecule has 0 radical (unpaired) electrons. The molecule has 0 unspecified atom stereocenters. The summed E-state index contributed by atoms with van der Waals surface area (Å²) in [5, 5.41) is 0. The maximum Gasteiger partial charge on any atom is 0.410 e. The summed E-state index contributed by atoms with van der Waals surface area (Å²) in [6.45, 7) is 7.38. The van der Waals surface area contributed by atoms with E-state index >= 15 is 0 Å². The van der Waals surface area contributed by atoms with Gasteiger partial charge in [0.15, 0.2) is 0 Å². The van der Waals surface area contributed by atoms with Crippen LogP contribution in [0.3, 0.4) is 0 Å². The van der Waals surface area contributed by atoms with Crippen molar-refractivity contribution in [1.29, 1.82) is 0 Å². The van der Waals surface area contributed by atoms with E-state index in [4.69, 9.17) is 4.74 Å². The topological polar surface area (TPSA) is 29.5 Å². The van der Waals surface area contributed by atoms with Crippen LogP contribution in [0.4, 0.5) is 4.79 Å². The van der Waals surface area contributed by atoms with Gasteiger partial charge in [-0.15, -0.1) is 0 Å². The monoisotopic (exact) mass is 381 g/mol. The normalized spacial score (nSPS) is 15.1. The fourth-order valence-electron chi connectivity index (χ4n) is 2.70. The van der Waals surface area contributed by atoms with E-state index in [1.54, 1.807) is 0 Å². The Morgan fingerprint density at radius 2 is 1.91 bits per heavy atom. The van der Waals surface area contributed by atoms with Crippen molar-refractivity contribution >= 4 is 22.0 Å². The summed E-state index contributed by atoms with van der Waals surface area (Å²) in [7, 11) is 0. The van der Waals surface area contributed by atoms with Crippen LogP contribution in [0.1, 0.15) is 52.0 Å². The van der Waals surface area contributed by atoms with Gasteiger partial charge in [-0.05, 0) is 70.1 Å². The van der Waals surface area contributed by atoms with Gasteiger partial charge in [0.1, 0.15) is 5.60 Å². The number of carbonyl (C=O) groups excluding carboxylic acids is 1. The number of benzene rings is 1. The fourth-order valence-corrected chi connectivity index (χ4v) is 2.96. The standard InChI is InChI=1S/C19H28BrNO2/c1-19(2,3)23-18(22)21(14-16-6-4-7-16)13-5-8-15-9-11-17(20)12-10-15/h9-12,16H,4-8,13-14H2,1-3H3. The van der Waals surface area contributed by atoms with Crippen molar-refractivity contribution < 1.29 is 9.53 Å². The number of hydrogen-bond donors (Lipinski definition) is 0. The van der Waals surface area contributed by atoms with Gasteiger partial charge in [0.25, 0.3) is 0 Å². The molecule has 0 aromatic heterocycles. The Hall–Kier alpha value is -1.03. The quantitative estimate of drug-likeness (QED) is 0.658. The second kappa shape index (κ2) is 8.18. The molecule has 0 aliphatic heterocycles. The molecular weight excluding hydrogens is 354 g/mol. The van der Waals surface area contributed by atoms with E-state index in [1.807, 2.05) is 25.7 Å². The zero-order valence-electron chi connectivity index (χ0n) is 14.5. The van der Waals surface area contributed by atoms with Crippen molar-refractivity contribution in [2.75, 3.05) is 13.1 Å². The average molecular weight is 382 g/mol. The number of amides is 1. The number of hydrogen-bond acceptors (Lipinski definition) is 2. The van der Waals surface area contributed by atoms with Crippen LogP contribution in [0, 0.1) is 5.92 Å². The van der Waals surface area contributed by atoms with Gasteiger partial charge < -0.3 is 9.64 Å². The zero-order valence-corrected chi connectivity index (χ0v) is 16.1. The Balaban J connectivity index is 1.85. The number of carbonyl (C=O) groups is 1.